The highest BCUT2D eigenvalue weighted by Crippen LogP contribution is 2.36. The quantitative estimate of drug-likeness (QED) is 0.825. The topological polar surface area (TPSA) is 64.3 Å². The van der Waals surface area contributed by atoms with Gasteiger partial charge in [-0.3, -0.25) is 0 Å². The molecule has 1 heterocycles. The Morgan fingerprint density at radius 3 is 2.76 bits per heavy atom. The fraction of sp³-hybridized carbons (Fsp3) is 0.667. The van der Waals surface area contributed by atoms with Gasteiger partial charge < -0.3 is 15.4 Å². The van der Waals surface area contributed by atoms with Crippen molar-refractivity contribution in [3.8, 4) is 5.88 Å². The van der Waals surface area contributed by atoms with Gasteiger partial charge in [-0.15, -0.1) is 0 Å². The molecule has 2 rings (SSSR count). The number of methoxy groups -OCH3 is 1. The lowest BCUT2D eigenvalue weighted by atomic mass is 10.1. The first-order chi connectivity index (χ1) is 8.15. The molecule has 0 bridgehead atoms. The normalized spacial score (nSPS) is 16.7. The van der Waals surface area contributed by atoms with Crippen LogP contribution in [-0.4, -0.2) is 36.7 Å². The highest BCUT2D eigenvalue weighted by Gasteiger charge is 2.33. The summed E-state index contributed by atoms with van der Waals surface area (Å²) >= 11 is 0. The van der Waals surface area contributed by atoms with Crippen LogP contribution in [0.15, 0.2) is 6.07 Å². The van der Waals surface area contributed by atoms with Crippen LogP contribution >= 0.6 is 0 Å². The lowest BCUT2D eigenvalue weighted by Crippen LogP contribution is -2.40. The zero-order valence-electron chi connectivity index (χ0n) is 10.7. The van der Waals surface area contributed by atoms with E-state index in [2.05, 4.69) is 14.9 Å². The second kappa shape index (κ2) is 4.87. The van der Waals surface area contributed by atoms with E-state index in [-0.39, 0.29) is 0 Å². The summed E-state index contributed by atoms with van der Waals surface area (Å²) < 4.78 is 5.17. The van der Waals surface area contributed by atoms with Gasteiger partial charge in [-0.2, -0.15) is 4.98 Å². The maximum Gasteiger partial charge on any atom is 0.218 e. The van der Waals surface area contributed by atoms with Crippen LogP contribution in [0.1, 0.15) is 18.7 Å². The zero-order chi connectivity index (χ0) is 12.4. The van der Waals surface area contributed by atoms with Gasteiger partial charge in [0, 0.05) is 25.7 Å². The van der Waals surface area contributed by atoms with Crippen LogP contribution in [0.4, 0.5) is 5.82 Å². The van der Waals surface area contributed by atoms with Crippen molar-refractivity contribution < 1.29 is 4.74 Å². The highest BCUT2D eigenvalue weighted by atomic mass is 16.5. The first kappa shape index (κ1) is 12.1. The van der Waals surface area contributed by atoms with Crippen LogP contribution in [-0.2, 0) is 0 Å². The molecule has 0 spiro atoms. The van der Waals surface area contributed by atoms with E-state index in [1.54, 1.807) is 7.11 Å². The third-order valence-corrected chi connectivity index (χ3v) is 3.28. The fourth-order valence-corrected chi connectivity index (χ4v) is 2.13. The molecule has 0 aliphatic heterocycles. The summed E-state index contributed by atoms with van der Waals surface area (Å²) in [6.45, 7) is 2.53. The van der Waals surface area contributed by atoms with E-state index in [4.69, 9.17) is 10.5 Å². The first-order valence-corrected chi connectivity index (χ1v) is 5.98. The number of nitrogens with zero attached hydrogens (tertiary/aromatic N) is 3. The van der Waals surface area contributed by atoms with E-state index in [1.807, 2.05) is 20.0 Å². The van der Waals surface area contributed by atoms with E-state index in [1.165, 1.54) is 12.8 Å². The molecule has 1 aliphatic carbocycles. The van der Waals surface area contributed by atoms with Crippen molar-refractivity contribution in [2.24, 2.45) is 11.7 Å². The third-order valence-electron chi connectivity index (χ3n) is 3.28. The summed E-state index contributed by atoms with van der Waals surface area (Å²) in [5, 5.41) is 0. The standard InChI is InChI=1S/C12H20N4O/c1-8-14-11(6-12(15-8)17-3)16(2)10(7-13)9-4-5-9/h6,9-10H,4-5,7,13H2,1-3H3. The van der Waals surface area contributed by atoms with Gasteiger partial charge in [-0.25, -0.2) is 4.98 Å². The van der Waals surface area contributed by atoms with Gasteiger partial charge in [0.15, 0.2) is 0 Å². The summed E-state index contributed by atoms with van der Waals surface area (Å²) in [4.78, 5) is 10.8. The second-order valence-corrected chi connectivity index (χ2v) is 4.57. The Balaban J connectivity index is 2.22. The molecule has 1 saturated carbocycles. The number of likely N-dealkylation sites (N-methyl/N-ethyl adjacent to an activating group) is 1. The number of anilines is 1. The largest absolute Gasteiger partial charge is 0.481 e. The molecular formula is C12H20N4O. The molecule has 1 unspecified atom stereocenters. The molecule has 1 fully saturated rings. The number of ether oxygens (including phenoxy) is 1. The molecule has 17 heavy (non-hydrogen) atoms. The smallest absolute Gasteiger partial charge is 0.218 e. The van der Waals surface area contributed by atoms with Crippen LogP contribution in [0.25, 0.3) is 0 Å². The molecule has 5 nitrogen and oxygen atoms in total. The lowest BCUT2D eigenvalue weighted by Gasteiger charge is -2.28. The van der Waals surface area contributed by atoms with E-state index in [0.29, 0.717) is 24.4 Å². The van der Waals surface area contributed by atoms with Crippen molar-refractivity contribution in [1.82, 2.24) is 9.97 Å². The maximum atomic E-state index is 5.84. The van der Waals surface area contributed by atoms with Gasteiger partial charge in [0.05, 0.1) is 7.11 Å². The van der Waals surface area contributed by atoms with Crippen LogP contribution in [0, 0.1) is 12.8 Å². The average molecular weight is 236 g/mol. The molecule has 0 aromatic carbocycles. The van der Waals surface area contributed by atoms with Gasteiger partial charge in [0.2, 0.25) is 5.88 Å². The fourth-order valence-electron chi connectivity index (χ4n) is 2.13. The lowest BCUT2D eigenvalue weighted by molar-refractivity contribution is 0.395. The molecule has 0 saturated heterocycles. The number of hydrogen-bond donors (Lipinski definition) is 1. The molecule has 1 aromatic heterocycles. The van der Waals surface area contributed by atoms with E-state index < -0.39 is 0 Å². The summed E-state index contributed by atoms with van der Waals surface area (Å²) in [5.41, 5.74) is 5.84. The Hall–Kier alpha value is -1.36. The van der Waals surface area contributed by atoms with Crippen LogP contribution < -0.4 is 15.4 Å². The monoisotopic (exact) mass is 236 g/mol. The minimum atomic E-state index is 0.369. The highest BCUT2D eigenvalue weighted by molar-refractivity contribution is 5.42. The summed E-state index contributed by atoms with van der Waals surface area (Å²) in [7, 11) is 3.66. The average Bonchev–Trinajstić information content (AvgIpc) is 3.13. The Kier molecular flexibility index (Phi) is 3.47. The minimum absolute atomic E-state index is 0.369. The summed E-state index contributed by atoms with van der Waals surface area (Å²) in [5.74, 6) is 2.92. The molecule has 0 amide bonds. The Bertz CT molecular complexity index is 392. The van der Waals surface area contributed by atoms with Crippen molar-refractivity contribution in [3.05, 3.63) is 11.9 Å². The molecule has 1 atom stereocenters. The van der Waals surface area contributed by atoms with Crippen molar-refractivity contribution in [3.63, 3.8) is 0 Å². The first-order valence-electron chi connectivity index (χ1n) is 5.98. The van der Waals surface area contributed by atoms with Crippen molar-refractivity contribution in [2.45, 2.75) is 25.8 Å². The maximum absolute atomic E-state index is 5.84. The molecule has 1 aliphatic rings. The number of hydrogen-bond acceptors (Lipinski definition) is 5. The van der Waals surface area contributed by atoms with Crippen LogP contribution in [0.2, 0.25) is 0 Å². The van der Waals surface area contributed by atoms with Crippen molar-refractivity contribution in [2.75, 3.05) is 25.6 Å². The Labute approximate surface area is 102 Å². The molecule has 0 radical (unpaired) electrons. The molecule has 94 valence electrons. The molecule has 2 N–H and O–H groups in total. The van der Waals surface area contributed by atoms with Crippen molar-refractivity contribution >= 4 is 5.82 Å². The minimum Gasteiger partial charge on any atom is -0.481 e. The van der Waals surface area contributed by atoms with E-state index >= 15 is 0 Å². The zero-order valence-corrected chi connectivity index (χ0v) is 10.7. The van der Waals surface area contributed by atoms with Gasteiger partial charge >= 0.3 is 0 Å². The molecular weight excluding hydrogens is 216 g/mol. The number of aromatic nitrogens is 2. The Morgan fingerprint density at radius 1 is 1.53 bits per heavy atom. The number of aryl methyl sites for hydroxylation is 1. The Morgan fingerprint density at radius 2 is 2.24 bits per heavy atom. The number of rotatable bonds is 5. The predicted octanol–water partition coefficient (Wildman–Crippen LogP) is 0.967. The SMILES string of the molecule is COc1cc(N(C)C(CN)C2CC2)nc(C)n1. The van der Waals surface area contributed by atoms with Crippen LogP contribution in [0.3, 0.4) is 0 Å². The van der Waals surface area contributed by atoms with Gasteiger partial charge in [-0.05, 0) is 25.7 Å². The second-order valence-electron chi connectivity index (χ2n) is 4.57. The predicted molar refractivity (Wildman–Crippen MR) is 67.3 cm³/mol. The van der Waals surface area contributed by atoms with E-state index in [0.717, 1.165) is 11.6 Å². The van der Waals surface area contributed by atoms with Gasteiger partial charge in [0.1, 0.15) is 11.6 Å². The van der Waals surface area contributed by atoms with Crippen LogP contribution in [0.5, 0.6) is 5.88 Å². The third kappa shape index (κ3) is 2.66. The van der Waals surface area contributed by atoms with E-state index in [9.17, 15) is 0 Å². The van der Waals surface area contributed by atoms with Gasteiger partial charge in [-0.1, -0.05) is 0 Å². The summed E-state index contributed by atoms with van der Waals surface area (Å²) in [6, 6.07) is 2.23. The van der Waals surface area contributed by atoms with Gasteiger partial charge in [0.25, 0.3) is 0 Å². The molecule has 1 aromatic rings. The molecule has 5 heteroatoms. The summed E-state index contributed by atoms with van der Waals surface area (Å²) in [6.07, 6.45) is 2.54. The number of nitrogens with two attached hydrogens (primary N) is 1. The van der Waals surface area contributed by atoms with Crippen molar-refractivity contribution in [1.29, 1.82) is 0 Å².